The molecule has 12 heteroatoms. The molecule has 1 spiro atoms. The first kappa shape index (κ1) is 26.2. The standard InChI is InChI=1S/C25H30BrN5O5S/c1-3-10-29(14-31-17-9-6-5-8-16(17)27-28-31)23(34)21-25-13-15(26)20(37-25)18(24(35)36-4-2)19(25)22(33)30(21)11-7-12-32/h3,5-6,8-9,15,18-21,32H,1,4,7,10-14H2,2H3/t15?,18-,19-,20-,21?,25?/m0/s1. The molecule has 3 unspecified atom stereocenters. The molecule has 5 rings (SSSR count). The molecule has 198 valence electrons. The van der Waals surface area contributed by atoms with Crippen LogP contribution in [0.15, 0.2) is 36.9 Å². The quantitative estimate of drug-likeness (QED) is 0.252. The van der Waals surface area contributed by atoms with Crippen LogP contribution in [0.2, 0.25) is 0 Å². The largest absolute Gasteiger partial charge is 0.466 e. The number of esters is 1. The number of amides is 2. The lowest BCUT2D eigenvalue weighted by molar-refractivity contribution is -0.153. The molecule has 0 aliphatic carbocycles. The summed E-state index contributed by atoms with van der Waals surface area (Å²) in [7, 11) is 0. The van der Waals surface area contributed by atoms with E-state index >= 15 is 0 Å². The molecule has 2 aromatic rings. The zero-order chi connectivity index (χ0) is 26.3. The van der Waals surface area contributed by atoms with E-state index in [0.717, 1.165) is 11.0 Å². The van der Waals surface area contributed by atoms with Crippen molar-refractivity contribution in [2.24, 2.45) is 11.8 Å². The maximum atomic E-state index is 14.4. The fourth-order valence-electron chi connectivity index (χ4n) is 6.13. The van der Waals surface area contributed by atoms with Crippen molar-refractivity contribution in [3.63, 3.8) is 0 Å². The second-order valence-corrected chi connectivity index (χ2v) is 12.3. The lowest BCUT2D eigenvalue weighted by atomic mass is 9.71. The van der Waals surface area contributed by atoms with E-state index < -0.39 is 28.6 Å². The SMILES string of the molecule is C=CCN(Cn1nnc2ccccc21)C(=O)C1N(CCCO)C(=O)[C@@H]2[C@H](C(=O)OCC)[C@H]3SC12CC3Br. The number of halogens is 1. The summed E-state index contributed by atoms with van der Waals surface area (Å²) in [5.74, 6) is -2.12. The zero-order valence-corrected chi connectivity index (χ0v) is 22.9. The number of hydrogen-bond acceptors (Lipinski definition) is 8. The Labute approximate surface area is 227 Å². The number of para-hydroxylation sites is 1. The van der Waals surface area contributed by atoms with Crippen molar-refractivity contribution in [2.75, 3.05) is 26.3 Å². The normalized spacial score (nSPS) is 30.1. The Kier molecular flexibility index (Phi) is 7.34. The minimum Gasteiger partial charge on any atom is -0.466 e. The second kappa shape index (κ2) is 10.4. The number of aliphatic hydroxyl groups is 1. The Balaban J connectivity index is 1.53. The molecule has 6 atom stereocenters. The molecule has 1 aromatic carbocycles. The minimum atomic E-state index is -0.791. The monoisotopic (exact) mass is 591 g/mol. The van der Waals surface area contributed by atoms with E-state index in [9.17, 15) is 19.5 Å². The number of carbonyl (C=O) groups is 3. The molecule has 3 fully saturated rings. The second-order valence-electron chi connectivity index (χ2n) is 9.59. The van der Waals surface area contributed by atoms with E-state index in [1.165, 1.54) is 0 Å². The van der Waals surface area contributed by atoms with Gasteiger partial charge in [-0.3, -0.25) is 14.4 Å². The smallest absolute Gasteiger partial charge is 0.310 e. The highest BCUT2D eigenvalue weighted by atomic mass is 79.9. The lowest BCUT2D eigenvalue weighted by Crippen LogP contribution is -2.55. The number of aromatic nitrogens is 3. The van der Waals surface area contributed by atoms with Crippen molar-refractivity contribution >= 4 is 56.5 Å². The van der Waals surface area contributed by atoms with Gasteiger partial charge in [-0.15, -0.1) is 23.4 Å². The summed E-state index contributed by atoms with van der Waals surface area (Å²) in [6, 6.07) is 6.72. The molecule has 0 saturated carbocycles. The lowest BCUT2D eigenvalue weighted by Gasteiger charge is -2.37. The van der Waals surface area contributed by atoms with Crippen LogP contribution < -0.4 is 0 Å². The third kappa shape index (κ3) is 4.17. The average molecular weight is 593 g/mol. The van der Waals surface area contributed by atoms with Crippen molar-refractivity contribution in [1.29, 1.82) is 0 Å². The van der Waals surface area contributed by atoms with E-state index in [0.29, 0.717) is 12.8 Å². The molecule has 1 aromatic heterocycles. The zero-order valence-electron chi connectivity index (χ0n) is 20.5. The van der Waals surface area contributed by atoms with Crippen LogP contribution in [-0.4, -0.2) is 94.9 Å². The Morgan fingerprint density at radius 1 is 1.41 bits per heavy atom. The number of alkyl halides is 1. The van der Waals surface area contributed by atoms with Crippen molar-refractivity contribution < 1.29 is 24.2 Å². The number of hydrogen-bond donors (Lipinski definition) is 1. The van der Waals surface area contributed by atoms with E-state index in [4.69, 9.17) is 4.74 Å². The van der Waals surface area contributed by atoms with E-state index in [1.54, 1.807) is 39.2 Å². The van der Waals surface area contributed by atoms with Crippen LogP contribution in [0.25, 0.3) is 11.0 Å². The topological polar surface area (TPSA) is 118 Å². The molecular formula is C25H30BrN5O5S. The first-order chi connectivity index (χ1) is 17.9. The van der Waals surface area contributed by atoms with E-state index in [1.807, 2.05) is 24.3 Å². The van der Waals surface area contributed by atoms with Crippen LogP contribution in [0.5, 0.6) is 0 Å². The Morgan fingerprint density at radius 2 is 2.19 bits per heavy atom. The van der Waals surface area contributed by atoms with Gasteiger partial charge in [-0.05, 0) is 31.9 Å². The maximum Gasteiger partial charge on any atom is 0.310 e. The summed E-state index contributed by atoms with van der Waals surface area (Å²) in [4.78, 5) is 44.5. The van der Waals surface area contributed by atoms with Gasteiger partial charge in [-0.1, -0.05) is 39.4 Å². The maximum absolute atomic E-state index is 14.4. The molecule has 3 aliphatic heterocycles. The Morgan fingerprint density at radius 3 is 2.92 bits per heavy atom. The summed E-state index contributed by atoms with van der Waals surface area (Å²) in [6.45, 7) is 6.32. The van der Waals surface area contributed by atoms with Crippen molar-refractivity contribution in [2.45, 2.75) is 47.3 Å². The summed E-state index contributed by atoms with van der Waals surface area (Å²) in [5.41, 5.74) is 1.51. The van der Waals surface area contributed by atoms with Gasteiger partial charge in [0, 0.05) is 29.8 Å². The van der Waals surface area contributed by atoms with Gasteiger partial charge >= 0.3 is 5.97 Å². The fourth-order valence-corrected chi connectivity index (χ4v) is 9.72. The van der Waals surface area contributed by atoms with E-state index in [2.05, 4.69) is 32.8 Å². The predicted molar refractivity (Wildman–Crippen MR) is 142 cm³/mol. The number of fused-ring (bicyclic) bond motifs is 2. The van der Waals surface area contributed by atoms with Gasteiger partial charge < -0.3 is 19.6 Å². The van der Waals surface area contributed by atoms with Crippen LogP contribution in [-0.2, 0) is 25.8 Å². The Bertz CT molecular complexity index is 1230. The third-order valence-electron chi connectivity index (χ3n) is 7.53. The summed E-state index contributed by atoms with van der Waals surface area (Å²) in [6.07, 6.45) is 2.56. The van der Waals surface area contributed by atoms with E-state index in [-0.39, 0.29) is 54.9 Å². The van der Waals surface area contributed by atoms with Crippen molar-refractivity contribution in [3.05, 3.63) is 36.9 Å². The number of benzene rings is 1. The summed E-state index contributed by atoms with van der Waals surface area (Å²) < 4.78 is 6.27. The highest BCUT2D eigenvalue weighted by Gasteiger charge is 2.76. The van der Waals surface area contributed by atoms with Crippen molar-refractivity contribution in [1.82, 2.24) is 24.8 Å². The summed E-state index contributed by atoms with van der Waals surface area (Å²) in [5, 5.41) is 17.8. The minimum absolute atomic E-state index is 0.0313. The molecule has 37 heavy (non-hydrogen) atoms. The molecule has 2 bridgehead atoms. The molecule has 2 amide bonds. The number of ether oxygens (including phenoxy) is 1. The number of thioether (sulfide) groups is 1. The molecule has 4 heterocycles. The summed E-state index contributed by atoms with van der Waals surface area (Å²) >= 11 is 5.30. The van der Waals surface area contributed by atoms with Gasteiger partial charge in [0.05, 0.1) is 28.7 Å². The van der Waals surface area contributed by atoms with Gasteiger partial charge in [0.15, 0.2) is 0 Å². The fraction of sp³-hybridized carbons (Fsp3) is 0.560. The van der Waals surface area contributed by atoms with Gasteiger partial charge in [0.25, 0.3) is 0 Å². The van der Waals surface area contributed by atoms with Gasteiger partial charge in [-0.2, -0.15) is 0 Å². The highest BCUT2D eigenvalue weighted by Crippen LogP contribution is 2.68. The van der Waals surface area contributed by atoms with Crippen LogP contribution >= 0.6 is 27.7 Å². The van der Waals surface area contributed by atoms with Gasteiger partial charge in [-0.25, -0.2) is 4.68 Å². The number of rotatable bonds is 10. The number of aliphatic hydroxyl groups excluding tert-OH is 1. The average Bonchev–Trinajstić information content (AvgIpc) is 3.60. The van der Waals surface area contributed by atoms with Gasteiger partial charge in [0.1, 0.15) is 18.2 Å². The first-order valence-electron chi connectivity index (χ1n) is 12.5. The molecule has 10 nitrogen and oxygen atoms in total. The van der Waals surface area contributed by atoms with Gasteiger partial charge in [0.2, 0.25) is 11.8 Å². The molecule has 3 aliphatic rings. The highest BCUT2D eigenvalue weighted by molar-refractivity contribution is 9.09. The first-order valence-corrected chi connectivity index (χ1v) is 14.2. The van der Waals surface area contributed by atoms with Crippen LogP contribution in [0.3, 0.4) is 0 Å². The Hall–Kier alpha value is -2.44. The van der Waals surface area contributed by atoms with Crippen LogP contribution in [0, 0.1) is 11.8 Å². The molecule has 3 saturated heterocycles. The predicted octanol–water partition coefficient (Wildman–Crippen LogP) is 1.81. The molecule has 0 radical (unpaired) electrons. The number of likely N-dealkylation sites (tertiary alicyclic amines) is 1. The van der Waals surface area contributed by atoms with Crippen LogP contribution in [0.1, 0.15) is 19.8 Å². The number of nitrogens with zero attached hydrogens (tertiary/aromatic N) is 5. The van der Waals surface area contributed by atoms with Crippen LogP contribution in [0.4, 0.5) is 0 Å². The van der Waals surface area contributed by atoms with Crippen molar-refractivity contribution in [3.8, 4) is 0 Å². The molecule has 1 N–H and O–H groups in total. The molecular weight excluding hydrogens is 562 g/mol. The third-order valence-corrected chi connectivity index (χ3v) is 10.7. The number of carbonyl (C=O) groups excluding carboxylic acids is 3.